The first kappa shape index (κ1) is 9.37. The van der Waals surface area contributed by atoms with Gasteiger partial charge in [-0.05, 0) is 25.5 Å². The summed E-state index contributed by atoms with van der Waals surface area (Å²) in [6, 6.07) is 4.86. The summed E-state index contributed by atoms with van der Waals surface area (Å²) >= 11 is 0. The fourth-order valence-corrected chi connectivity index (χ4v) is 1.48. The zero-order valence-electron chi connectivity index (χ0n) is 8.16. The van der Waals surface area contributed by atoms with Crippen LogP contribution in [0.3, 0.4) is 0 Å². The minimum absolute atomic E-state index is 0.673. The first-order valence-corrected chi connectivity index (χ1v) is 4.97. The van der Waals surface area contributed by atoms with Crippen molar-refractivity contribution in [2.75, 3.05) is 0 Å². The number of nitrogens with zero attached hydrogens (tertiary/aromatic N) is 1. The van der Waals surface area contributed by atoms with Gasteiger partial charge in [-0.25, -0.2) is 0 Å². The molecule has 0 amide bonds. The van der Waals surface area contributed by atoms with E-state index in [1.807, 2.05) is 0 Å². The minimum Gasteiger partial charge on any atom is -0.352 e. The van der Waals surface area contributed by atoms with Crippen LogP contribution in [0.2, 0.25) is 0 Å². The summed E-state index contributed by atoms with van der Waals surface area (Å²) in [6.45, 7) is 4.54. The fourth-order valence-electron chi connectivity index (χ4n) is 1.48. The summed E-state index contributed by atoms with van der Waals surface area (Å²) in [5, 5.41) is 0. The van der Waals surface area contributed by atoms with E-state index in [9.17, 15) is 0 Å². The molecule has 1 aromatic heterocycles. The molecule has 1 heterocycles. The summed E-state index contributed by atoms with van der Waals surface area (Å²) in [6.07, 6.45) is 9.65. The van der Waals surface area contributed by atoms with Crippen LogP contribution in [0.25, 0.3) is 0 Å². The lowest BCUT2D eigenvalue weighted by Crippen LogP contribution is -2.01. The van der Waals surface area contributed by atoms with Gasteiger partial charge in [-0.2, -0.15) is 0 Å². The number of aromatic nitrogens is 1. The molecule has 0 bridgehead atoms. The van der Waals surface area contributed by atoms with E-state index in [4.69, 9.17) is 0 Å². The molecule has 1 heteroatoms. The van der Waals surface area contributed by atoms with Crippen LogP contribution in [-0.2, 0) is 0 Å². The molecule has 1 aromatic rings. The fraction of sp³-hybridized carbons (Fsp3) is 0.636. The van der Waals surface area contributed by atoms with E-state index in [2.05, 4.69) is 42.9 Å². The molecule has 0 saturated heterocycles. The van der Waals surface area contributed by atoms with Gasteiger partial charge in [0, 0.05) is 18.4 Å². The van der Waals surface area contributed by atoms with E-state index < -0.39 is 0 Å². The molecule has 0 fully saturated rings. The van der Waals surface area contributed by atoms with E-state index in [-0.39, 0.29) is 0 Å². The maximum atomic E-state index is 2.29. The summed E-state index contributed by atoms with van der Waals surface area (Å²) in [5.41, 5.74) is 0. The van der Waals surface area contributed by atoms with Crippen molar-refractivity contribution in [1.82, 2.24) is 4.57 Å². The normalized spacial score (nSPS) is 13.2. The Bertz CT molecular complexity index is 189. The molecule has 1 rings (SSSR count). The molecule has 0 aromatic carbocycles. The lowest BCUT2D eigenvalue weighted by atomic mass is 10.1. The van der Waals surface area contributed by atoms with Crippen molar-refractivity contribution in [3.05, 3.63) is 24.5 Å². The van der Waals surface area contributed by atoms with Crippen LogP contribution in [0.4, 0.5) is 0 Å². The number of hydrogen-bond acceptors (Lipinski definition) is 0. The molecule has 0 radical (unpaired) electrons. The van der Waals surface area contributed by atoms with Crippen molar-refractivity contribution in [1.29, 1.82) is 0 Å². The van der Waals surface area contributed by atoms with E-state index >= 15 is 0 Å². The van der Waals surface area contributed by atoms with Crippen molar-refractivity contribution in [2.45, 2.75) is 45.6 Å². The predicted octanol–water partition coefficient (Wildman–Crippen LogP) is 3.63. The van der Waals surface area contributed by atoms with Crippen molar-refractivity contribution >= 4 is 0 Å². The molecule has 0 aliphatic heterocycles. The average molecular weight is 165 g/mol. The van der Waals surface area contributed by atoms with Gasteiger partial charge in [0.25, 0.3) is 0 Å². The molecule has 1 atom stereocenters. The third-order valence-corrected chi connectivity index (χ3v) is 2.36. The van der Waals surface area contributed by atoms with E-state index in [0.717, 1.165) is 0 Å². The van der Waals surface area contributed by atoms with Gasteiger partial charge in [-0.1, -0.05) is 26.2 Å². The molecule has 0 saturated carbocycles. The van der Waals surface area contributed by atoms with Crippen LogP contribution in [0.1, 0.15) is 45.6 Å². The van der Waals surface area contributed by atoms with Gasteiger partial charge in [0.1, 0.15) is 0 Å². The SMILES string of the molecule is CCCCC[C@@H](C)n1cccc1. The molecule has 1 nitrogen and oxygen atoms in total. The van der Waals surface area contributed by atoms with Crippen LogP contribution in [0, 0.1) is 0 Å². The van der Waals surface area contributed by atoms with Crippen LogP contribution >= 0.6 is 0 Å². The standard InChI is InChI=1S/C11H19N/c1-3-4-5-8-11(2)12-9-6-7-10-12/h6-7,9-11H,3-5,8H2,1-2H3/t11-/m1/s1. The number of unbranched alkanes of at least 4 members (excludes halogenated alkanes) is 2. The highest BCUT2D eigenvalue weighted by atomic mass is 15.0. The van der Waals surface area contributed by atoms with Gasteiger partial charge in [0.05, 0.1) is 0 Å². The second-order valence-electron chi connectivity index (χ2n) is 3.48. The molecular formula is C11H19N. The van der Waals surface area contributed by atoms with Crippen molar-refractivity contribution in [3.63, 3.8) is 0 Å². The van der Waals surface area contributed by atoms with Crippen LogP contribution in [0.5, 0.6) is 0 Å². The summed E-state index contributed by atoms with van der Waals surface area (Å²) in [4.78, 5) is 0. The van der Waals surface area contributed by atoms with E-state index in [1.165, 1.54) is 25.7 Å². The Labute approximate surface area is 75.4 Å². The van der Waals surface area contributed by atoms with Crippen LogP contribution in [0.15, 0.2) is 24.5 Å². The second-order valence-corrected chi connectivity index (χ2v) is 3.48. The topological polar surface area (TPSA) is 4.93 Å². The third kappa shape index (κ3) is 2.72. The zero-order valence-corrected chi connectivity index (χ0v) is 8.16. The van der Waals surface area contributed by atoms with Gasteiger partial charge in [0.15, 0.2) is 0 Å². The Balaban J connectivity index is 2.25. The molecule has 0 spiro atoms. The molecule has 0 aliphatic carbocycles. The Morgan fingerprint density at radius 2 is 1.83 bits per heavy atom. The van der Waals surface area contributed by atoms with Crippen molar-refractivity contribution < 1.29 is 0 Å². The average Bonchev–Trinajstić information content (AvgIpc) is 2.56. The van der Waals surface area contributed by atoms with Gasteiger partial charge in [0.2, 0.25) is 0 Å². The minimum atomic E-state index is 0.673. The molecule has 68 valence electrons. The summed E-state index contributed by atoms with van der Waals surface area (Å²) in [7, 11) is 0. The molecule has 0 unspecified atom stereocenters. The molecule has 0 aliphatic rings. The van der Waals surface area contributed by atoms with Crippen LogP contribution < -0.4 is 0 Å². The Morgan fingerprint density at radius 3 is 2.42 bits per heavy atom. The Hall–Kier alpha value is -0.720. The Morgan fingerprint density at radius 1 is 1.17 bits per heavy atom. The van der Waals surface area contributed by atoms with Gasteiger partial charge < -0.3 is 4.57 Å². The Kier molecular flexibility index (Phi) is 3.92. The lowest BCUT2D eigenvalue weighted by molar-refractivity contribution is 0.479. The molecule has 0 N–H and O–H groups in total. The van der Waals surface area contributed by atoms with Gasteiger partial charge in [-0.3, -0.25) is 0 Å². The zero-order chi connectivity index (χ0) is 8.81. The first-order valence-electron chi connectivity index (χ1n) is 4.97. The maximum absolute atomic E-state index is 2.29. The number of rotatable bonds is 5. The van der Waals surface area contributed by atoms with Crippen LogP contribution in [-0.4, -0.2) is 4.57 Å². The highest BCUT2D eigenvalue weighted by Crippen LogP contribution is 2.14. The second kappa shape index (κ2) is 5.02. The van der Waals surface area contributed by atoms with Gasteiger partial charge >= 0.3 is 0 Å². The molecular weight excluding hydrogens is 146 g/mol. The summed E-state index contributed by atoms with van der Waals surface area (Å²) < 4.78 is 2.29. The van der Waals surface area contributed by atoms with E-state index in [0.29, 0.717) is 6.04 Å². The lowest BCUT2D eigenvalue weighted by Gasteiger charge is -2.12. The monoisotopic (exact) mass is 165 g/mol. The first-order chi connectivity index (χ1) is 5.84. The predicted molar refractivity (Wildman–Crippen MR) is 53.3 cm³/mol. The largest absolute Gasteiger partial charge is 0.352 e. The highest BCUT2D eigenvalue weighted by Gasteiger charge is 2.00. The maximum Gasteiger partial charge on any atom is 0.0302 e. The summed E-state index contributed by atoms with van der Waals surface area (Å²) in [5.74, 6) is 0. The quantitative estimate of drug-likeness (QED) is 0.587. The molecule has 12 heavy (non-hydrogen) atoms. The van der Waals surface area contributed by atoms with Crippen molar-refractivity contribution in [3.8, 4) is 0 Å². The highest BCUT2D eigenvalue weighted by molar-refractivity contribution is 4.92. The van der Waals surface area contributed by atoms with E-state index in [1.54, 1.807) is 0 Å². The smallest absolute Gasteiger partial charge is 0.0302 e. The van der Waals surface area contributed by atoms with Gasteiger partial charge in [-0.15, -0.1) is 0 Å². The number of hydrogen-bond donors (Lipinski definition) is 0. The third-order valence-electron chi connectivity index (χ3n) is 2.36. The van der Waals surface area contributed by atoms with Crippen molar-refractivity contribution in [2.24, 2.45) is 0 Å².